The molecular weight excluding hydrogens is 536 g/mol. The number of hydrogen-bond acceptors (Lipinski definition) is 3. The second-order valence-electron chi connectivity index (χ2n) is 12.2. The molecule has 0 aliphatic heterocycles. The molecule has 0 spiro atoms. The molecule has 0 radical (unpaired) electrons. The zero-order valence-corrected chi connectivity index (χ0v) is 28.0. The summed E-state index contributed by atoms with van der Waals surface area (Å²) in [7, 11) is 0. The molecule has 0 amide bonds. The van der Waals surface area contributed by atoms with E-state index >= 15 is 0 Å². The van der Waals surface area contributed by atoms with Gasteiger partial charge in [-0.05, 0) is 61.1 Å². The van der Waals surface area contributed by atoms with Crippen LogP contribution in [0.25, 0.3) is 0 Å². The van der Waals surface area contributed by atoms with Crippen molar-refractivity contribution in [3.8, 4) is 11.5 Å². The maximum Gasteiger partial charge on any atom is 0.417 e. The highest BCUT2D eigenvalue weighted by molar-refractivity contribution is 7.75. The van der Waals surface area contributed by atoms with Gasteiger partial charge in [0.05, 0.1) is 0 Å². The summed E-state index contributed by atoms with van der Waals surface area (Å²) in [5.74, 6) is 1.15. The van der Waals surface area contributed by atoms with Gasteiger partial charge in [-0.3, -0.25) is 0 Å². The highest BCUT2D eigenvalue weighted by Crippen LogP contribution is 2.20. The molecule has 0 N–H and O–H groups in total. The van der Waals surface area contributed by atoms with E-state index in [1.54, 1.807) is 0 Å². The number of benzene rings is 2. The van der Waals surface area contributed by atoms with E-state index in [0.717, 1.165) is 12.8 Å². The molecule has 2 rings (SSSR count). The van der Waals surface area contributed by atoms with Crippen LogP contribution in [0.1, 0.15) is 166 Å². The number of aryl methyl sites for hydroxylation is 2. The van der Waals surface area contributed by atoms with Crippen molar-refractivity contribution in [2.75, 3.05) is 0 Å². The van der Waals surface area contributed by atoms with Crippen LogP contribution in [-0.4, -0.2) is 4.21 Å². The molecule has 238 valence electrons. The van der Waals surface area contributed by atoms with Crippen LogP contribution in [0.3, 0.4) is 0 Å². The molecule has 3 nitrogen and oxygen atoms in total. The lowest BCUT2D eigenvalue weighted by Crippen LogP contribution is -2.08. The van der Waals surface area contributed by atoms with Crippen molar-refractivity contribution in [1.29, 1.82) is 0 Å². The van der Waals surface area contributed by atoms with Gasteiger partial charge in [0.15, 0.2) is 0 Å². The van der Waals surface area contributed by atoms with Gasteiger partial charge in [0.25, 0.3) is 0 Å². The summed E-state index contributed by atoms with van der Waals surface area (Å²) in [5, 5.41) is 0. The van der Waals surface area contributed by atoms with Crippen molar-refractivity contribution in [1.82, 2.24) is 0 Å². The molecular formula is C38H62O3S. The van der Waals surface area contributed by atoms with Gasteiger partial charge in [-0.1, -0.05) is 167 Å². The van der Waals surface area contributed by atoms with Crippen molar-refractivity contribution in [2.45, 2.75) is 168 Å². The monoisotopic (exact) mass is 598 g/mol. The van der Waals surface area contributed by atoms with Gasteiger partial charge < -0.3 is 8.37 Å². The Morgan fingerprint density at radius 3 is 0.952 bits per heavy atom. The lowest BCUT2D eigenvalue weighted by atomic mass is 10.0. The Labute approximate surface area is 262 Å². The fourth-order valence-corrected chi connectivity index (χ4v) is 6.15. The second kappa shape index (κ2) is 25.7. The van der Waals surface area contributed by atoms with Crippen molar-refractivity contribution in [2.24, 2.45) is 0 Å². The molecule has 0 atom stereocenters. The van der Waals surface area contributed by atoms with Gasteiger partial charge in [-0.25, -0.2) is 0 Å². The molecule has 0 saturated carbocycles. The smallest absolute Gasteiger partial charge is 0.371 e. The summed E-state index contributed by atoms with van der Waals surface area (Å²) in [4.78, 5) is 0. The van der Waals surface area contributed by atoms with Crippen LogP contribution < -0.4 is 8.37 Å². The minimum atomic E-state index is -1.86. The minimum Gasteiger partial charge on any atom is -0.371 e. The molecule has 0 unspecified atom stereocenters. The first-order valence-electron chi connectivity index (χ1n) is 17.7. The van der Waals surface area contributed by atoms with Gasteiger partial charge in [0.2, 0.25) is 0 Å². The summed E-state index contributed by atoms with van der Waals surface area (Å²) in [6.45, 7) is 4.56. The predicted molar refractivity (Wildman–Crippen MR) is 183 cm³/mol. The minimum absolute atomic E-state index is 0.573. The molecule has 2 aromatic rings. The van der Waals surface area contributed by atoms with Crippen LogP contribution in [0.4, 0.5) is 0 Å². The fourth-order valence-electron chi connectivity index (χ4n) is 5.58. The average Bonchev–Trinajstić information content (AvgIpc) is 3.00. The van der Waals surface area contributed by atoms with Crippen LogP contribution in [0.2, 0.25) is 0 Å². The van der Waals surface area contributed by atoms with E-state index in [9.17, 15) is 4.21 Å². The standard InChI is InChI=1S/C38H62O3S/c1-3-5-7-9-11-13-15-17-19-21-23-25-35-27-31-37(32-28-35)40-42(39)41-38-33-29-36(30-34-38)26-24-22-20-18-16-14-12-10-8-6-4-2/h27-34H,3-26H2,1-2H3. The molecule has 0 heterocycles. The van der Waals surface area contributed by atoms with E-state index in [1.165, 1.54) is 152 Å². The predicted octanol–water partition coefficient (Wildman–Crippen LogP) is 12.4. The Bertz CT molecular complexity index is 820. The second-order valence-corrected chi connectivity index (χ2v) is 13.0. The van der Waals surface area contributed by atoms with Gasteiger partial charge >= 0.3 is 11.4 Å². The molecule has 4 heteroatoms. The van der Waals surface area contributed by atoms with E-state index in [1.807, 2.05) is 24.3 Å². The van der Waals surface area contributed by atoms with E-state index in [2.05, 4.69) is 38.1 Å². The first kappa shape index (κ1) is 36.4. The van der Waals surface area contributed by atoms with Crippen LogP contribution in [-0.2, 0) is 24.2 Å². The van der Waals surface area contributed by atoms with Crippen molar-refractivity contribution in [3.63, 3.8) is 0 Å². The molecule has 0 bridgehead atoms. The van der Waals surface area contributed by atoms with Crippen molar-refractivity contribution in [3.05, 3.63) is 59.7 Å². The topological polar surface area (TPSA) is 35.5 Å². The molecule has 0 saturated heterocycles. The van der Waals surface area contributed by atoms with Crippen molar-refractivity contribution < 1.29 is 12.6 Å². The average molecular weight is 599 g/mol. The van der Waals surface area contributed by atoms with Crippen molar-refractivity contribution >= 4 is 11.4 Å². The van der Waals surface area contributed by atoms with Crippen LogP contribution in [0.15, 0.2) is 48.5 Å². The first-order chi connectivity index (χ1) is 20.7. The first-order valence-corrected chi connectivity index (χ1v) is 18.7. The largest absolute Gasteiger partial charge is 0.417 e. The Morgan fingerprint density at radius 2 is 0.667 bits per heavy atom. The lowest BCUT2D eigenvalue weighted by molar-refractivity contribution is 0.461. The Hall–Kier alpha value is -1.81. The molecule has 42 heavy (non-hydrogen) atoms. The Balaban J connectivity index is 1.50. The quantitative estimate of drug-likeness (QED) is 0.0914. The molecule has 0 aliphatic carbocycles. The number of rotatable bonds is 28. The molecule has 0 aliphatic rings. The third kappa shape index (κ3) is 19.4. The zero-order chi connectivity index (χ0) is 29.9. The number of unbranched alkanes of at least 4 members (excludes halogenated alkanes) is 20. The Morgan fingerprint density at radius 1 is 0.405 bits per heavy atom. The summed E-state index contributed by atoms with van der Waals surface area (Å²) < 4.78 is 23.4. The van der Waals surface area contributed by atoms with Gasteiger partial charge in [-0.15, -0.1) is 0 Å². The third-order valence-corrected chi connectivity index (χ3v) is 8.97. The lowest BCUT2D eigenvalue weighted by Gasteiger charge is -2.08. The summed E-state index contributed by atoms with van der Waals surface area (Å²) in [6.07, 6.45) is 32.2. The zero-order valence-electron chi connectivity index (χ0n) is 27.2. The van der Waals surface area contributed by atoms with E-state index in [0.29, 0.717) is 11.5 Å². The molecule has 0 fully saturated rings. The maximum atomic E-state index is 12.4. The van der Waals surface area contributed by atoms with Gasteiger partial charge in [-0.2, -0.15) is 4.21 Å². The van der Waals surface area contributed by atoms with E-state index < -0.39 is 11.4 Å². The van der Waals surface area contributed by atoms with E-state index in [4.69, 9.17) is 8.37 Å². The molecule has 0 aromatic heterocycles. The van der Waals surface area contributed by atoms with Gasteiger partial charge in [0.1, 0.15) is 11.5 Å². The highest BCUT2D eigenvalue weighted by atomic mass is 32.2. The maximum absolute atomic E-state index is 12.4. The summed E-state index contributed by atoms with van der Waals surface area (Å²) in [6, 6.07) is 15.9. The van der Waals surface area contributed by atoms with Gasteiger partial charge in [0, 0.05) is 0 Å². The highest BCUT2D eigenvalue weighted by Gasteiger charge is 2.07. The SMILES string of the molecule is CCCCCCCCCCCCCc1ccc(OS(=O)Oc2ccc(CCCCCCCCCCCCC)cc2)cc1. The fraction of sp³-hybridized carbons (Fsp3) is 0.684. The van der Waals surface area contributed by atoms with Crippen LogP contribution in [0.5, 0.6) is 11.5 Å². The summed E-state index contributed by atoms with van der Waals surface area (Å²) in [5.41, 5.74) is 2.61. The summed E-state index contributed by atoms with van der Waals surface area (Å²) >= 11 is -1.86. The Kier molecular flexibility index (Phi) is 22.2. The van der Waals surface area contributed by atoms with Crippen LogP contribution >= 0.6 is 0 Å². The number of hydrogen-bond donors (Lipinski definition) is 0. The molecule has 2 aromatic carbocycles. The third-order valence-electron chi connectivity index (χ3n) is 8.31. The normalized spacial score (nSPS) is 11.3. The van der Waals surface area contributed by atoms with E-state index in [-0.39, 0.29) is 0 Å². The van der Waals surface area contributed by atoms with Crippen LogP contribution in [0, 0.1) is 0 Å².